The van der Waals surface area contributed by atoms with E-state index < -0.39 is 0 Å². The smallest absolute Gasteiger partial charge is 0.0724 e. The first-order valence-corrected chi connectivity index (χ1v) is 3.99. The summed E-state index contributed by atoms with van der Waals surface area (Å²) in [5.41, 5.74) is 1.16. The lowest BCUT2D eigenvalue weighted by Crippen LogP contribution is -2.27. The van der Waals surface area contributed by atoms with Gasteiger partial charge >= 0.3 is 0 Å². The maximum atomic E-state index is 4.25. The van der Waals surface area contributed by atoms with Crippen LogP contribution < -0.4 is 10.6 Å². The van der Waals surface area contributed by atoms with Crippen molar-refractivity contribution in [3.8, 4) is 0 Å². The lowest BCUT2D eigenvalue weighted by molar-refractivity contribution is 1.21. The second-order valence-electron chi connectivity index (χ2n) is 2.69. The molecule has 0 spiro atoms. The van der Waals surface area contributed by atoms with Crippen LogP contribution in [0.4, 0.5) is 0 Å². The first kappa shape index (κ1) is 8.72. The van der Waals surface area contributed by atoms with Gasteiger partial charge in [0.1, 0.15) is 0 Å². The Balaban J connectivity index is 3.45. The number of rotatable bonds is 1. The van der Waals surface area contributed by atoms with Crippen LogP contribution in [0.5, 0.6) is 0 Å². The van der Waals surface area contributed by atoms with E-state index in [2.05, 4.69) is 11.6 Å². The van der Waals surface area contributed by atoms with Crippen LogP contribution in [-0.4, -0.2) is 4.98 Å². The first-order chi connectivity index (χ1) is 5.75. The molecule has 1 aromatic rings. The maximum absolute atomic E-state index is 4.25. The largest absolute Gasteiger partial charge is 0.256 e. The van der Waals surface area contributed by atoms with E-state index >= 15 is 0 Å². The molecule has 0 saturated heterocycles. The van der Waals surface area contributed by atoms with E-state index in [0.29, 0.717) is 0 Å². The van der Waals surface area contributed by atoms with Gasteiger partial charge in [0.2, 0.25) is 0 Å². The number of pyridine rings is 1. The van der Waals surface area contributed by atoms with Crippen molar-refractivity contribution in [3.63, 3.8) is 0 Å². The van der Waals surface area contributed by atoms with Crippen LogP contribution in [0.3, 0.4) is 0 Å². The average Bonchev–Trinajstić information content (AvgIpc) is 2.05. The van der Waals surface area contributed by atoms with Crippen LogP contribution in [-0.2, 0) is 0 Å². The van der Waals surface area contributed by atoms with Crippen LogP contribution in [0.1, 0.15) is 13.8 Å². The molecule has 1 heteroatoms. The van der Waals surface area contributed by atoms with Gasteiger partial charge in [-0.05, 0) is 30.7 Å². The molecule has 1 heterocycles. The van der Waals surface area contributed by atoms with Crippen molar-refractivity contribution >= 4 is 12.2 Å². The molecule has 62 valence electrons. The highest BCUT2D eigenvalue weighted by Crippen LogP contribution is 1.89. The highest BCUT2D eigenvalue weighted by molar-refractivity contribution is 5.52. The van der Waals surface area contributed by atoms with Crippen LogP contribution in [0.2, 0.25) is 0 Å². The van der Waals surface area contributed by atoms with Crippen LogP contribution in [0.15, 0.2) is 30.5 Å². The highest BCUT2D eigenvalue weighted by atomic mass is 14.6. The fourth-order valence-electron chi connectivity index (χ4n) is 1.12. The number of nitrogens with zero attached hydrogens (tertiary/aromatic N) is 1. The summed E-state index contributed by atoms with van der Waals surface area (Å²) in [6.45, 7) is 7.94. The Hall–Kier alpha value is -1.37. The molecule has 0 amide bonds. The molecule has 0 unspecified atom stereocenters. The monoisotopic (exact) mass is 159 g/mol. The van der Waals surface area contributed by atoms with Crippen molar-refractivity contribution in [3.05, 3.63) is 41.0 Å². The third-order valence-corrected chi connectivity index (χ3v) is 1.68. The topological polar surface area (TPSA) is 12.9 Å². The van der Waals surface area contributed by atoms with E-state index in [1.165, 1.54) is 0 Å². The van der Waals surface area contributed by atoms with Crippen molar-refractivity contribution in [2.75, 3.05) is 0 Å². The molecule has 1 aromatic heterocycles. The van der Waals surface area contributed by atoms with Crippen molar-refractivity contribution in [2.24, 2.45) is 0 Å². The van der Waals surface area contributed by atoms with Crippen molar-refractivity contribution in [2.45, 2.75) is 13.8 Å². The fourth-order valence-corrected chi connectivity index (χ4v) is 1.12. The summed E-state index contributed by atoms with van der Waals surface area (Å²) >= 11 is 0. The lowest BCUT2D eigenvalue weighted by Gasteiger charge is -1.91. The summed E-state index contributed by atoms with van der Waals surface area (Å²) in [7, 11) is 0. The van der Waals surface area contributed by atoms with Gasteiger partial charge in [-0.3, -0.25) is 4.98 Å². The lowest BCUT2D eigenvalue weighted by atomic mass is 10.2. The fraction of sp³-hybridized carbons (Fsp3) is 0.182. The van der Waals surface area contributed by atoms with Gasteiger partial charge in [0, 0.05) is 6.20 Å². The van der Waals surface area contributed by atoms with Gasteiger partial charge in [-0.15, -0.1) is 0 Å². The van der Waals surface area contributed by atoms with E-state index in [4.69, 9.17) is 0 Å². The SMILES string of the molecule is C=c1cccnc1=C(C)C=CC. The molecule has 0 atom stereocenters. The number of hydrogen-bond donors (Lipinski definition) is 0. The first-order valence-electron chi connectivity index (χ1n) is 3.99. The molecule has 0 aliphatic carbocycles. The second-order valence-corrected chi connectivity index (χ2v) is 2.69. The molecule has 0 aromatic carbocycles. The predicted octanol–water partition coefficient (Wildman–Crippen LogP) is 1.24. The third kappa shape index (κ3) is 1.82. The van der Waals surface area contributed by atoms with Gasteiger partial charge in [-0.25, -0.2) is 0 Å². The van der Waals surface area contributed by atoms with Gasteiger partial charge in [0.05, 0.1) is 5.35 Å². The Morgan fingerprint density at radius 1 is 1.58 bits per heavy atom. The molecule has 0 N–H and O–H groups in total. The van der Waals surface area contributed by atoms with E-state index in [0.717, 1.165) is 16.1 Å². The van der Waals surface area contributed by atoms with Gasteiger partial charge < -0.3 is 0 Å². The number of hydrogen-bond acceptors (Lipinski definition) is 1. The number of aromatic nitrogens is 1. The molecule has 0 saturated carbocycles. The van der Waals surface area contributed by atoms with Gasteiger partial charge in [0.25, 0.3) is 0 Å². The summed E-state index contributed by atoms with van der Waals surface area (Å²) in [6, 6.07) is 3.87. The normalized spacial score (nSPS) is 13.5. The third-order valence-electron chi connectivity index (χ3n) is 1.68. The molecule has 0 fully saturated rings. The summed E-state index contributed by atoms with van der Waals surface area (Å²) < 4.78 is 0. The molecular weight excluding hydrogens is 146 g/mol. The minimum absolute atomic E-state index is 0.980. The standard InChI is InChI=1S/C11H13N/c1-4-6-9(2)11-10(3)7-5-8-12-11/h4-8H,3H2,1-2H3. The molecule has 0 bridgehead atoms. The molecule has 0 aliphatic rings. The summed E-state index contributed by atoms with van der Waals surface area (Å²) in [5, 5.41) is 1.96. The van der Waals surface area contributed by atoms with Crippen LogP contribution in [0.25, 0.3) is 12.2 Å². The summed E-state index contributed by atoms with van der Waals surface area (Å²) in [6.07, 6.45) is 5.83. The Morgan fingerprint density at radius 2 is 2.33 bits per heavy atom. The van der Waals surface area contributed by atoms with Gasteiger partial charge in [0.15, 0.2) is 0 Å². The van der Waals surface area contributed by atoms with E-state index in [1.54, 1.807) is 6.20 Å². The molecule has 0 radical (unpaired) electrons. The average molecular weight is 159 g/mol. The van der Waals surface area contributed by atoms with Gasteiger partial charge in [-0.2, -0.15) is 0 Å². The van der Waals surface area contributed by atoms with Crippen molar-refractivity contribution < 1.29 is 0 Å². The zero-order valence-corrected chi connectivity index (χ0v) is 7.54. The molecule has 0 aliphatic heterocycles. The maximum Gasteiger partial charge on any atom is 0.0724 e. The van der Waals surface area contributed by atoms with E-state index in [-0.39, 0.29) is 0 Å². The van der Waals surface area contributed by atoms with E-state index in [9.17, 15) is 0 Å². The molecular formula is C11H13N. The number of allylic oxidation sites excluding steroid dienone is 2. The second kappa shape index (κ2) is 3.86. The van der Waals surface area contributed by atoms with Crippen molar-refractivity contribution in [1.82, 2.24) is 4.98 Å². The Kier molecular flexibility index (Phi) is 2.81. The molecule has 12 heavy (non-hydrogen) atoms. The van der Waals surface area contributed by atoms with E-state index in [1.807, 2.05) is 38.1 Å². The zero-order chi connectivity index (χ0) is 8.97. The zero-order valence-electron chi connectivity index (χ0n) is 7.54. The van der Waals surface area contributed by atoms with Crippen molar-refractivity contribution in [1.29, 1.82) is 0 Å². The predicted molar refractivity (Wildman–Crippen MR) is 52.9 cm³/mol. The Labute approximate surface area is 72.8 Å². The van der Waals surface area contributed by atoms with Gasteiger partial charge in [-0.1, -0.05) is 24.8 Å². The quantitative estimate of drug-likeness (QED) is 0.600. The van der Waals surface area contributed by atoms with Crippen LogP contribution >= 0.6 is 0 Å². The minimum Gasteiger partial charge on any atom is -0.256 e. The Bertz CT molecular complexity index is 388. The minimum atomic E-state index is 0.980. The Morgan fingerprint density at radius 3 is 2.92 bits per heavy atom. The highest BCUT2D eigenvalue weighted by Gasteiger charge is 1.86. The molecule has 1 nitrogen and oxygen atoms in total. The van der Waals surface area contributed by atoms with Crippen LogP contribution in [0, 0.1) is 0 Å². The summed E-state index contributed by atoms with van der Waals surface area (Å²) in [5.74, 6) is 0. The summed E-state index contributed by atoms with van der Waals surface area (Å²) in [4.78, 5) is 4.25. The molecule has 1 rings (SSSR count).